The van der Waals surface area contributed by atoms with Crippen molar-refractivity contribution in [2.24, 2.45) is 0 Å². The van der Waals surface area contributed by atoms with Crippen molar-refractivity contribution in [3.8, 4) is 0 Å². The molecule has 0 amide bonds. The van der Waals surface area contributed by atoms with E-state index in [0.29, 0.717) is 6.61 Å². The number of carbonyl (C=O) groups is 1. The third-order valence-electron chi connectivity index (χ3n) is 2.59. The summed E-state index contributed by atoms with van der Waals surface area (Å²) in [6.07, 6.45) is 3.15. The highest BCUT2D eigenvalue weighted by atomic mass is 79.9. The Bertz CT molecular complexity index is 354. The van der Waals surface area contributed by atoms with E-state index >= 15 is 0 Å². The molecule has 0 spiro atoms. The maximum absolute atomic E-state index is 11.8. The van der Waals surface area contributed by atoms with Gasteiger partial charge in [0.15, 0.2) is 0 Å². The fraction of sp³-hybridized carbons (Fsp3) is 0.500. The third-order valence-corrected chi connectivity index (χ3v) is 5.26. The average molecular weight is 378 g/mol. The molecule has 0 radical (unpaired) electrons. The molecular weight excluding hydrogens is 360 g/mol. The first-order valence-electron chi connectivity index (χ1n) is 6.16. The molecule has 0 aliphatic heterocycles. The summed E-state index contributed by atoms with van der Waals surface area (Å²) in [6.45, 7) is 2.63. The second kappa shape index (κ2) is 8.70. The van der Waals surface area contributed by atoms with Gasteiger partial charge in [0, 0.05) is 0 Å². The fourth-order valence-corrected chi connectivity index (χ4v) is 2.49. The number of esters is 1. The Morgan fingerprint density at radius 1 is 1.22 bits per heavy atom. The molecule has 0 unspecified atom stereocenters. The quantitative estimate of drug-likeness (QED) is 0.393. The lowest BCUT2D eigenvalue weighted by Gasteiger charge is -2.16. The lowest BCUT2D eigenvalue weighted by atomic mass is 10.1. The molecule has 2 nitrogen and oxygen atoms in total. The van der Waals surface area contributed by atoms with E-state index in [2.05, 4.69) is 38.8 Å². The molecule has 0 heterocycles. The Hall–Kier alpha value is -0.350. The minimum atomic E-state index is -0.360. The molecule has 0 bridgehead atoms. The van der Waals surface area contributed by atoms with E-state index in [0.717, 1.165) is 24.8 Å². The Balaban J connectivity index is 2.43. The van der Waals surface area contributed by atoms with Gasteiger partial charge in [-0.2, -0.15) is 0 Å². The summed E-state index contributed by atoms with van der Waals surface area (Å²) in [5, 5.41) is 0. The zero-order valence-electron chi connectivity index (χ0n) is 10.4. The van der Waals surface area contributed by atoms with E-state index in [1.165, 1.54) is 0 Å². The molecule has 0 saturated heterocycles. The molecule has 1 aromatic carbocycles. The lowest BCUT2D eigenvalue weighted by molar-refractivity contribution is -0.142. The van der Waals surface area contributed by atoms with Crippen LogP contribution in [0.15, 0.2) is 30.3 Å². The highest BCUT2D eigenvalue weighted by Crippen LogP contribution is 2.31. The summed E-state index contributed by atoms with van der Waals surface area (Å²) >= 11 is 6.92. The molecule has 4 heteroatoms. The van der Waals surface area contributed by atoms with Gasteiger partial charge in [0.05, 0.1) is 11.4 Å². The molecule has 1 aromatic rings. The van der Waals surface area contributed by atoms with E-state index in [9.17, 15) is 4.79 Å². The monoisotopic (exact) mass is 376 g/mol. The number of hydrogen-bond donors (Lipinski definition) is 0. The number of alkyl halides is 2. The second-order valence-corrected chi connectivity index (χ2v) is 6.06. The molecule has 100 valence electrons. The standard InChI is InChI=1S/C14H18Br2O2/c1-2-3-7-10-18-14(17)13(16)12(15)11-8-5-4-6-9-11/h4-6,8-9,12-13H,2-3,7,10H2,1H3/t12-,13+/m1/s1. The van der Waals surface area contributed by atoms with E-state index in [1.807, 2.05) is 30.3 Å². The lowest BCUT2D eigenvalue weighted by Crippen LogP contribution is -2.22. The van der Waals surface area contributed by atoms with Crippen LogP contribution < -0.4 is 0 Å². The van der Waals surface area contributed by atoms with Crippen LogP contribution in [-0.2, 0) is 9.53 Å². The molecule has 2 atom stereocenters. The third kappa shape index (κ3) is 5.11. The number of rotatable bonds is 7. The molecule has 0 aromatic heterocycles. The van der Waals surface area contributed by atoms with Crippen molar-refractivity contribution in [1.29, 1.82) is 0 Å². The molecule has 0 aliphatic carbocycles. The highest BCUT2D eigenvalue weighted by Gasteiger charge is 2.26. The van der Waals surface area contributed by atoms with Crippen molar-refractivity contribution in [2.75, 3.05) is 6.61 Å². The Kier molecular flexibility index (Phi) is 7.59. The summed E-state index contributed by atoms with van der Waals surface area (Å²) in [5.74, 6) is -0.211. The van der Waals surface area contributed by atoms with Crippen LogP contribution in [0, 0.1) is 0 Å². The van der Waals surface area contributed by atoms with Gasteiger partial charge in [-0.15, -0.1) is 0 Å². The van der Waals surface area contributed by atoms with Crippen molar-refractivity contribution < 1.29 is 9.53 Å². The number of halogens is 2. The van der Waals surface area contributed by atoms with Gasteiger partial charge in [-0.3, -0.25) is 4.79 Å². The van der Waals surface area contributed by atoms with Crippen LogP contribution >= 0.6 is 31.9 Å². The first kappa shape index (κ1) is 15.7. The van der Waals surface area contributed by atoms with Crippen LogP contribution in [0.1, 0.15) is 36.6 Å². The minimum absolute atomic E-state index is 0.0719. The van der Waals surface area contributed by atoms with Crippen LogP contribution in [-0.4, -0.2) is 17.4 Å². The van der Waals surface area contributed by atoms with Crippen molar-refractivity contribution in [2.45, 2.75) is 35.8 Å². The highest BCUT2D eigenvalue weighted by molar-refractivity contribution is 9.12. The summed E-state index contributed by atoms with van der Waals surface area (Å²) < 4.78 is 5.23. The van der Waals surface area contributed by atoms with Gasteiger partial charge >= 0.3 is 5.97 Å². The van der Waals surface area contributed by atoms with Gasteiger partial charge in [-0.1, -0.05) is 82.0 Å². The van der Waals surface area contributed by atoms with Gasteiger partial charge in [-0.05, 0) is 12.0 Å². The smallest absolute Gasteiger partial charge is 0.321 e. The molecule has 18 heavy (non-hydrogen) atoms. The van der Waals surface area contributed by atoms with Crippen LogP contribution in [0.2, 0.25) is 0 Å². The summed E-state index contributed by atoms with van der Waals surface area (Å²) in [5.41, 5.74) is 1.06. The number of hydrogen-bond acceptors (Lipinski definition) is 2. The van der Waals surface area contributed by atoms with E-state index in [-0.39, 0.29) is 15.6 Å². The molecule has 1 rings (SSSR count). The Labute approximate surface area is 125 Å². The molecule has 0 aliphatic rings. The van der Waals surface area contributed by atoms with Gasteiger partial charge in [0.2, 0.25) is 0 Å². The summed E-state index contributed by atoms with van der Waals surface area (Å²) in [7, 11) is 0. The molecule has 0 fully saturated rings. The normalized spacial score (nSPS) is 13.9. The van der Waals surface area contributed by atoms with Crippen molar-refractivity contribution in [3.05, 3.63) is 35.9 Å². The van der Waals surface area contributed by atoms with Crippen molar-refractivity contribution in [1.82, 2.24) is 0 Å². The Morgan fingerprint density at radius 3 is 2.50 bits per heavy atom. The van der Waals surface area contributed by atoms with E-state index < -0.39 is 0 Å². The van der Waals surface area contributed by atoms with Crippen molar-refractivity contribution >= 4 is 37.8 Å². The SMILES string of the molecule is CCCCCOC(=O)[C@@H](Br)[C@H](Br)c1ccccc1. The average Bonchev–Trinajstić information content (AvgIpc) is 2.42. The maximum atomic E-state index is 11.8. The van der Waals surface area contributed by atoms with E-state index in [4.69, 9.17) is 4.74 Å². The van der Waals surface area contributed by atoms with Crippen LogP contribution in [0.3, 0.4) is 0 Å². The second-order valence-electron chi connectivity index (χ2n) is 4.09. The molecular formula is C14H18Br2O2. The maximum Gasteiger partial charge on any atom is 0.321 e. The zero-order chi connectivity index (χ0) is 13.4. The van der Waals surface area contributed by atoms with Crippen molar-refractivity contribution in [3.63, 3.8) is 0 Å². The van der Waals surface area contributed by atoms with Crippen LogP contribution in [0.5, 0.6) is 0 Å². The largest absolute Gasteiger partial charge is 0.465 e. The minimum Gasteiger partial charge on any atom is -0.465 e. The van der Waals surface area contributed by atoms with Crippen LogP contribution in [0.4, 0.5) is 0 Å². The van der Waals surface area contributed by atoms with E-state index in [1.54, 1.807) is 0 Å². The predicted molar refractivity (Wildman–Crippen MR) is 81.3 cm³/mol. The number of benzene rings is 1. The predicted octanol–water partition coefficient (Wildman–Crippen LogP) is 4.62. The summed E-state index contributed by atoms with van der Waals surface area (Å²) in [4.78, 5) is 11.4. The van der Waals surface area contributed by atoms with Gasteiger partial charge in [-0.25, -0.2) is 0 Å². The zero-order valence-corrected chi connectivity index (χ0v) is 13.6. The van der Waals surface area contributed by atoms with Gasteiger partial charge < -0.3 is 4.74 Å². The van der Waals surface area contributed by atoms with Gasteiger partial charge in [0.25, 0.3) is 0 Å². The number of ether oxygens (including phenoxy) is 1. The Morgan fingerprint density at radius 2 is 1.89 bits per heavy atom. The first-order chi connectivity index (χ1) is 8.66. The first-order valence-corrected chi connectivity index (χ1v) is 7.99. The fourth-order valence-electron chi connectivity index (χ4n) is 1.53. The van der Waals surface area contributed by atoms with Gasteiger partial charge in [0.1, 0.15) is 4.83 Å². The molecule has 0 saturated carbocycles. The van der Waals surface area contributed by atoms with Crippen LogP contribution in [0.25, 0.3) is 0 Å². The molecule has 0 N–H and O–H groups in total. The topological polar surface area (TPSA) is 26.3 Å². The number of carbonyl (C=O) groups excluding carboxylic acids is 1. The summed E-state index contributed by atoms with van der Waals surface area (Å²) in [6, 6.07) is 9.83. The number of unbranched alkanes of at least 4 members (excludes halogenated alkanes) is 2.